The highest BCUT2D eigenvalue weighted by molar-refractivity contribution is 5.67. The highest BCUT2D eigenvalue weighted by Crippen LogP contribution is 2.23. The molecule has 3 N–H and O–H groups in total. The number of nitrogens with two attached hydrogens (primary N) is 1. The van der Waals surface area contributed by atoms with Crippen LogP contribution in [0.5, 0.6) is 0 Å². The van der Waals surface area contributed by atoms with Crippen LogP contribution in [0.4, 0.5) is 10.5 Å². The Labute approximate surface area is 126 Å². The highest BCUT2D eigenvalue weighted by Gasteiger charge is 2.19. The maximum Gasteiger partial charge on any atom is 0.407 e. The fourth-order valence-corrected chi connectivity index (χ4v) is 2.52. The quantitative estimate of drug-likeness (QED) is 0.837. The zero-order chi connectivity index (χ0) is 15.5. The smallest absolute Gasteiger partial charge is 0.407 e. The first kappa shape index (κ1) is 15.6. The molecule has 1 aromatic rings. The van der Waals surface area contributed by atoms with Gasteiger partial charge in [-0.15, -0.1) is 0 Å². The van der Waals surface area contributed by atoms with Crippen molar-refractivity contribution in [3.05, 3.63) is 29.3 Å². The van der Waals surface area contributed by atoms with E-state index in [0.717, 1.165) is 31.7 Å². The number of nitrogens with zero attached hydrogens (tertiary/aromatic N) is 1. The number of hydrogen-bond acceptors (Lipinski definition) is 4. The van der Waals surface area contributed by atoms with Gasteiger partial charge in [0, 0.05) is 31.9 Å². The molecular formula is C16H25N3O2. The number of nitrogen functional groups attached to an aromatic ring is 1. The van der Waals surface area contributed by atoms with Crippen molar-refractivity contribution in [2.75, 3.05) is 25.4 Å². The van der Waals surface area contributed by atoms with Gasteiger partial charge in [-0.25, -0.2) is 4.79 Å². The van der Waals surface area contributed by atoms with Gasteiger partial charge in [0.2, 0.25) is 0 Å². The number of ether oxygens (including phenoxy) is 1. The van der Waals surface area contributed by atoms with Crippen LogP contribution in [0, 0.1) is 0 Å². The number of carbonyl (C=O) groups excluding carboxylic acids is 1. The summed E-state index contributed by atoms with van der Waals surface area (Å²) in [6.45, 7) is 8.84. The van der Waals surface area contributed by atoms with E-state index < -0.39 is 5.60 Å². The molecule has 1 aromatic carbocycles. The largest absolute Gasteiger partial charge is 0.444 e. The minimum absolute atomic E-state index is 0.357. The average Bonchev–Trinajstić information content (AvgIpc) is 2.36. The summed E-state index contributed by atoms with van der Waals surface area (Å²) in [5.41, 5.74) is 8.99. The second-order valence-electron chi connectivity index (χ2n) is 6.44. The maximum atomic E-state index is 11.6. The third-order valence-corrected chi connectivity index (χ3v) is 3.48. The van der Waals surface area contributed by atoms with E-state index in [1.165, 1.54) is 11.1 Å². The van der Waals surface area contributed by atoms with Gasteiger partial charge in [0.1, 0.15) is 5.60 Å². The number of benzene rings is 1. The Morgan fingerprint density at radius 2 is 2.19 bits per heavy atom. The normalized spacial score (nSPS) is 15.4. The Bertz CT molecular complexity index is 509. The van der Waals surface area contributed by atoms with Crippen LogP contribution in [0.25, 0.3) is 0 Å². The fourth-order valence-electron chi connectivity index (χ4n) is 2.52. The molecule has 5 nitrogen and oxygen atoms in total. The predicted octanol–water partition coefficient (Wildman–Crippen LogP) is 2.15. The van der Waals surface area contributed by atoms with Crippen molar-refractivity contribution in [3.8, 4) is 0 Å². The van der Waals surface area contributed by atoms with Gasteiger partial charge in [-0.05, 0) is 44.4 Å². The Kier molecular flexibility index (Phi) is 4.73. The molecule has 0 spiro atoms. The molecule has 0 unspecified atom stereocenters. The number of fused-ring (bicyclic) bond motifs is 1. The summed E-state index contributed by atoms with van der Waals surface area (Å²) in [4.78, 5) is 13.9. The Morgan fingerprint density at radius 1 is 1.43 bits per heavy atom. The molecule has 0 saturated carbocycles. The molecule has 1 heterocycles. The van der Waals surface area contributed by atoms with E-state index in [4.69, 9.17) is 10.5 Å². The molecule has 1 aliphatic rings. The van der Waals surface area contributed by atoms with Gasteiger partial charge < -0.3 is 15.8 Å². The van der Waals surface area contributed by atoms with E-state index in [1.54, 1.807) is 0 Å². The van der Waals surface area contributed by atoms with E-state index in [9.17, 15) is 4.79 Å². The van der Waals surface area contributed by atoms with Gasteiger partial charge in [0.15, 0.2) is 0 Å². The van der Waals surface area contributed by atoms with E-state index >= 15 is 0 Å². The van der Waals surface area contributed by atoms with Crippen LogP contribution in [-0.2, 0) is 17.7 Å². The van der Waals surface area contributed by atoms with Crippen molar-refractivity contribution in [2.45, 2.75) is 39.3 Å². The van der Waals surface area contributed by atoms with Crippen LogP contribution in [0.1, 0.15) is 31.9 Å². The summed E-state index contributed by atoms with van der Waals surface area (Å²) in [6.07, 6.45) is 0.609. The van der Waals surface area contributed by atoms with Crippen LogP contribution in [0.2, 0.25) is 0 Å². The first-order chi connectivity index (χ1) is 9.85. The maximum absolute atomic E-state index is 11.6. The third-order valence-electron chi connectivity index (χ3n) is 3.48. The van der Waals surface area contributed by atoms with Crippen molar-refractivity contribution in [1.82, 2.24) is 10.2 Å². The van der Waals surface area contributed by atoms with Crippen molar-refractivity contribution in [2.24, 2.45) is 0 Å². The highest BCUT2D eigenvalue weighted by atomic mass is 16.6. The van der Waals surface area contributed by atoms with Gasteiger partial charge in [-0.1, -0.05) is 12.1 Å². The zero-order valence-corrected chi connectivity index (χ0v) is 13.1. The summed E-state index contributed by atoms with van der Waals surface area (Å²) in [7, 11) is 0. The average molecular weight is 291 g/mol. The summed E-state index contributed by atoms with van der Waals surface area (Å²) in [5, 5.41) is 2.79. The van der Waals surface area contributed by atoms with E-state index in [0.29, 0.717) is 6.54 Å². The number of anilines is 1. The van der Waals surface area contributed by atoms with Crippen molar-refractivity contribution < 1.29 is 9.53 Å². The Hall–Kier alpha value is -1.75. The first-order valence-electron chi connectivity index (χ1n) is 7.40. The molecule has 0 aliphatic carbocycles. The topological polar surface area (TPSA) is 67.6 Å². The second kappa shape index (κ2) is 6.35. The lowest BCUT2D eigenvalue weighted by atomic mass is 9.98. The van der Waals surface area contributed by atoms with Gasteiger partial charge in [-0.3, -0.25) is 4.90 Å². The Morgan fingerprint density at radius 3 is 2.90 bits per heavy atom. The minimum Gasteiger partial charge on any atom is -0.444 e. The van der Waals surface area contributed by atoms with Crippen molar-refractivity contribution in [1.29, 1.82) is 0 Å². The van der Waals surface area contributed by atoms with E-state index in [2.05, 4.69) is 16.3 Å². The third kappa shape index (κ3) is 4.63. The Balaban J connectivity index is 1.77. The standard InChI is InChI=1S/C16H25N3O2/c1-16(2,3)21-15(20)18-8-10-19-9-7-13-12(11-19)5-4-6-14(13)17/h4-6H,7-11,17H2,1-3H3,(H,18,20). The first-order valence-corrected chi connectivity index (χ1v) is 7.40. The van der Waals surface area contributed by atoms with Gasteiger partial charge in [0.05, 0.1) is 0 Å². The van der Waals surface area contributed by atoms with Gasteiger partial charge in [-0.2, -0.15) is 0 Å². The number of alkyl carbamates (subject to hydrolysis) is 1. The lowest BCUT2D eigenvalue weighted by Gasteiger charge is -2.29. The second-order valence-corrected chi connectivity index (χ2v) is 6.44. The van der Waals surface area contributed by atoms with Crippen molar-refractivity contribution in [3.63, 3.8) is 0 Å². The lowest BCUT2D eigenvalue weighted by Crippen LogP contribution is -2.39. The molecule has 0 aromatic heterocycles. The molecule has 116 valence electrons. The lowest BCUT2D eigenvalue weighted by molar-refractivity contribution is 0.0521. The summed E-state index contributed by atoms with van der Waals surface area (Å²) >= 11 is 0. The molecule has 1 amide bonds. The molecule has 5 heteroatoms. The van der Waals surface area contributed by atoms with E-state index in [-0.39, 0.29) is 6.09 Å². The number of nitrogens with one attached hydrogen (secondary N) is 1. The van der Waals surface area contributed by atoms with Crippen LogP contribution < -0.4 is 11.1 Å². The monoisotopic (exact) mass is 291 g/mol. The molecule has 1 aliphatic heterocycles. The van der Waals surface area contributed by atoms with Crippen LogP contribution in [-0.4, -0.2) is 36.2 Å². The summed E-state index contributed by atoms with van der Waals surface area (Å²) < 4.78 is 5.21. The van der Waals surface area contributed by atoms with Crippen LogP contribution in [0.3, 0.4) is 0 Å². The van der Waals surface area contributed by atoms with Crippen molar-refractivity contribution >= 4 is 11.8 Å². The molecule has 0 atom stereocenters. The number of carbonyl (C=O) groups is 1. The molecule has 0 saturated heterocycles. The van der Waals surface area contributed by atoms with Crippen LogP contribution in [0.15, 0.2) is 18.2 Å². The van der Waals surface area contributed by atoms with E-state index in [1.807, 2.05) is 32.9 Å². The van der Waals surface area contributed by atoms with Gasteiger partial charge >= 0.3 is 6.09 Å². The molecule has 2 rings (SSSR count). The zero-order valence-electron chi connectivity index (χ0n) is 13.1. The van der Waals surface area contributed by atoms with Crippen LogP contribution >= 0.6 is 0 Å². The number of rotatable bonds is 3. The predicted molar refractivity (Wildman–Crippen MR) is 84.1 cm³/mol. The number of hydrogen-bond donors (Lipinski definition) is 2. The molecule has 0 bridgehead atoms. The van der Waals surface area contributed by atoms with Gasteiger partial charge in [0.25, 0.3) is 0 Å². The SMILES string of the molecule is CC(C)(C)OC(=O)NCCN1CCc2c(N)cccc2C1. The minimum atomic E-state index is -0.453. The molecule has 0 radical (unpaired) electrons. The molecular weight excluding hydrogens is 266 g/mol. The summed E-state index contributed by atoms with van der Waals surface area (Å²) in [6, 6.07) is 6.08. The fraction of sp³-hybridized carbons (Fsp3) is 0.562. The summed E-state index contributed by atoms with van der Waals surface area (Å²) in [5.74, 6) is 0. The molecule has 0 fully saturated rings. The molecule has 21 heavy (non-hydrogen) atoms. The number of amides is 1.